The minimum Gasteiger partial charge on any atom is -0.415 e. The highest BCUT2D eigenvalue weighted by atomic mass is 19.2. The zero-order valence-electron chi connectivity index (χ0n) is 14.3. The monoisotopic (exact) mass is 368 g/mol. The summed E-state index contributed by atoms with van der Waals surface area (Å²) in [5.74, 6) is -1.13. The Morgan fingerprint density at radius 1 is 1.11 bits per heavy atom. The summed E-state index contributed by atoms with van der Waals surface area (Å²) in [6.07, 6.45) is 3.01. The molecule has 0 fully saturated rings. The Labute approximate surface area is 152 Å². The quantitative estimate of drug-likeness (QED) is 0.540. The predicted molar refractivity (Wildman–Crippen MR) is 92.0 cm³/mol. The molecule has 0 aliphatic carbocycles. The molecule has 0 saturated heterocycles. The molecular formula is C19H14F2N4O2. The van der Waals surface area contributed by atoms with Crippen molar-refractivity contribution in [3.63, 3.8) is 0 Å². The van der Waals surface area contributed by atoms with Gasteiger partial charge in [-0.05, 0) is 30.2 Å². The molecular weight excluding hydrogens is 354 g/mol. The van der Waals surface area contributed by atoms with Crippen LogP contribution in [0.4, 0.5) is 8.78 Å². The second kappa shape index (κ2) is 6.71. The summed E-state index contributed by atoms with van der Waals surface area (Å²) in [5, 5.41) is 4.29. The van der Waals surface area contributed by atoms with Crippen LogP contribution >= 0.6 is 0 Å². The Hall–Kier alpha value is -3.42. The van der Waals surface area contributed by atoms with Gasteiger partial charge in [-0.3, -0.25) is 9.78 Å². The largest absolute Gasteiger partial charge is 0.415 e. The van der Waals surface area contributed by atoms with Crippen LogP contribution in [0.3, 0.4) is 0 Å². The predicted octanol–water partition coefficient (Wildman–Crippen LogP) is 3.33. The molecule has 3 heterocycles. The summed E-state index contributed by atoms with van der Waals surface area (Å²) >= 11 is 0. The van der Waals surface area contributed by atoms with Crippen LogP contribution in [0.2, 0.25) is 0 Å². The molecule has 0 N–H and O–H groups in total. The zero-order valence-corrected chi connectivity index (χ0v) is 14.3. The van der Waals surface area contributed by atoms with Crippen LogP contribution in [0.5, 0.6) is 0 Å². The van der Waals surface area contributed by atoms with Crippen molar-refractivity contribution in [3.05, 3.63) is 71.3 Å². The first-order valence-corrected chi connectivity index (χ1v) is 8.22. The molecule has 0 spiro atoms. The fourth-order valence-electron chi connectivity index (χ4n) is 2.77. The number of rotatable bonds is 5. The molecule has 0 atom stereocenters. The SMILES string of the molecule is Cc1ncc2oc(-c3ccc(CC(=O)Cc4cccc(F)c4F)cn3)nn12. The number of carbonyl (C=O) groups is 1. The van der Waals surface area contributed by atoms with Crippen LogP contribution in [0.1, 0.15) is 17.0 Å². The van der Waals surface area contributed by atoms with Crippen molar-refractivity contribution in [2.24, 2.45) is 0 Å². The highest BCUT2D eigenvalue weighted by Crippen LogP contribution is 2.19. The molecule has 0 radical (unpaired) electrons. The van der Waals surface area contributed by atoms with Crippen molar-refractivity contribution in [2.45, 2.75) is 19.8 Å². The number of fused-ring (bicyclic) bond motifs is 1. The Morgan fingerprint density at radius 3 is 2.70 bits per heavy atom. The van der Waals surface area contributed by atoms with E-state index in [1.54, 1.807) is 29.0 Å². The lowest BCUT2D eigenvalue weighted by molar-refractivity contribution is -0.117. The molecule has 3 aromatic heterocycles. The number of hydrogen-bond donors (Lipinski definition) is 0. The van der Waals surface area contributed by atoms with Crippen LogP contribution in [0.15, 0.2) is 47.1 Å². The maximum Gasteiger partial charge on any atom is 0.264 e. The number of hydrogen-bond acceptors (Lipinski definition) is 5. The maximum absolute atomic E-state index is 13.7. The van der Waals surface area contributed by atoms with E-state index in [9.17, 15) is 13.6 Å². The Morgan fingerprint density at radius 2 is 1.96 bits per heavy atom. The first-order valence-electron chi connectivity index (χ1n) is 8.22. The molecule has 6 nitrogen and oxygen atoms in total. The number of Topliss-reactive ketones (excluding diaryl/α,β-unsaturated/α-hetero) is 1. The first-order chi connectivity index (χ1) is 13.0. The van der Waals surface area contributed by atoms with Crippen LogP contribution in [-0.2, 0) is 17.6 Å². The molecule has 1 aromatic carbocycles. The van der Waals surface area contributed by atoms with Gasteiger partial charge < -0.3 is 4.42 Å². The fourth-order valence-corrected chi connectivity index (χ4v) is 2.77. The first kappa shape index (κ1) is 17.0. The average Bonchev–Trinajstić information content (AvgIpc) is 3.22. The van der Waals surface area contributed by atoms with Crippen molar-refractivity contribution >= 4 is 11.5 Å². The van der Waals surface area contributed by atoms with Gasteiger partial charge in [0.15, 0.2) is 11.6 Å². The molecule has 0 saturated carbocycles. The smallest absolute Gasteiger partial charge is 0.264 e. The van der Waals surface area contributed by atoms with Gasteiger partial charge in [0, 0.05) is 19.0 Å². The van der Waals surface area contributed by atoms with E-state index < -0.39 is 11.6 Å². The summed E-state index contributed by atoms with van der Waals surface area (Å²) in [6, 6.07) is 7.23. The summed E-state index contributed by atoms with van der Waals surface area (Å²) in [4.78, 5) is 20.5. The minimum absolute atomic E-state index is 0.0455. The van der Waals surface area contributed by atoms with Crippen LogP contribution in [-0.4, -0.2) is 25.4 Å². The Kier molecular flexibility index (Phi) is 4.23. The topological polar surface area (TPSA) is 73.3 Å². The molecule has 0 aliphatic heterocycles. The number of benzene rings is 1. The molecule has 4 rings (SSSR count). The van der Waals surface area contributed by atoms with Crippen LogP contribution in [0.25, 0.3) is 17.3 Å². The van der Waals surface area contributed by atoms with Crippen molar-refractivity contribution < 1.29 is 18.0 Å². The minimum atomic E-state index is -0.982. The number of imidazole rings is 1. The van der Waals surface area contributed by atoms with E-state index in [4.69, 9.17) is 4.42 Å². The summed E-state index contributed by atoms with van der Waals surface area (Å²) in [6.45, 7) is 1.81. The highest BCUT2D eigenvalue weighted by molar-refractivity contribution is 5.83. The van der Waals surface area contributed by atoms with Crippen LogP contribution < -0.4 is 0 Å². The summed E-state index contributed by atoms with van der Waals surface area (Å²) in [7, 11) is 0. The maximum atomic E-state index is 13.7. The molecule has 0 unspecified atom stereocenters. The molecule has 8 heteroatoms. The van der Waals surface area contributed by atoms with E-state index in [-0.39, 0.29) is 24.2 Å². The normalized spacial score (nSPS) is 11.2. The molecule has 27 heavy (non-hydrogen) atoms. The number of carbonyl (C=O) groups excluding carboxylic acids is 1. The highest BCUT2D eigenvalue weighted by Gasteiger charge is 2.14. The number of ketones is 1. The molecule has 4 aromatic rings. The van der Waals surface area contributed by atoms with Crippen molar-refractivity contribution in [2.75, 3.05) is 0 Å². The lowest BCUT2D eigenvalue weighted by Gasteiger charge is -2.04. The second-order valence-electron chi connectivity index (χ2n) is 6.12. The van der Waals surface area contributed by atoms with E-state index in [0.717, 1.165) is 6.07 Å². The third kappa shape index (κ3) is 3.33. The standard InChI is InChI=1S/C19H14F2N4O2/c1-11-22-10-17-25(11)24-19(27-17)16-6-5-12(9-23-16)7-14(26)8-13-3-2-4-15(20)18(13)21/h2-6,9-10H,7-8H2,1H3. The van der Waals surface area contributed by atoms with Crippen molar-refractivity contribution in [1.29, 1.82) is 0 Å². The van der Waals surface area contributed by atoms with Gasteiger partial charge in [0.1, 0.15) is 17.3 Å². The molecule has 0 amide bonds. The number of nitrogens with zero attached hydrogens (tertiary/aromatic N) is 4. The van der Waals surface area contributed by atoms with E-state index >= 15 is 0 Å². The number of halogens is 2. The zero-order chi connectivity index (χ0) is 19.0. The summed E-state index contributed by atoms with van der Waals surface area (Å²) in [5.41, 5.74) is 1.74. The van der Waals surface area contributed by atoms with E-state index in [1.807, 2.05) is 6.92 Å². The van der Waals surface area contributed by atoms with Crippen molar-refractivity contribution in [3.8, 4) is 11.6 Å². The molecule has 0 bridgehead atoms. The average molecular weight is 368 g/mol. The number of pyridine rings is 1. The third-order valence-electron chi connectivity index (χ3n) is 4.13. The van der Waals surface area contributed by atoms with E-state index in [2.05, 4.69) is 15.1 Å². The van der Waals surface area contributed by atoms with Gasteiger partial charge >= 0.3 is 0 Å². The van der Waals surface area contributed by atoms with Gasteiger partial charge in [-0.15, -0.1) is 5.10 Å². The third-order valence-corrected chi connectivity index (χ3v) is 4.13. The van der Waals surface area contributed by atoms with Gasteiger partial charge in [-0.25, -0.2) is 13.8 Å². The lowest BCUT2D eigenvalue weighted by Crippen LogP contribution is -2.09. The lowest BCUT2D eigenvalue weighted by atomic mass is 10.0. The van der Waals surface area contributed by atoms with Gasteiger partial charge in [0.05, 0.1) is 6.20 Å². The molecule has 136 valence electrons. The number of aryl methyl sites for hydroxylation is 1. The second-order valence-corrected chi connectivity index (χ2v) is 6.12. The molecule has 0 aliphatic rings. The summed E-state index contributed by atoms with van der Waals surface area (Å²) < 4.78 is 34.0. The van der Waals surface area contributed by atoms with Gasteiger partial charge in [-0.1, -0.05) is 18.2 Å². The Balaban J connectivity index is 1.47. The van der Waals surface area contributed by atoms with E-state index in [1.165, 1.54) is 12.1 Å². The van der Waals surface area contributed by atoms with Gasteiger partial charge in [-0.2, -0.15) is 4.52 Å². The fraction of sp³-hybridized carbons (Fsp3) is 0.158. The number of aromatic nitrogens is 4. The Bertz CT molecular complexity index is 1130. The van der Waals surface area contributed by atoms with Gasteiger partial charge in [0.25, 0.3) is 5.89 Å². The van der Waals surface area contributed by atoms with Gasteiger partial charge in [0.2, 0.25) is 5.71 Å². The van der Waals surface area contributed by atoms with Crippen molar-refractivity contribution in [1.82, 2.24) is 19.6 Å². The van der Waals surface area contributed by atoms with E-state index in [0.29, 0.717) is 28.7 Å². The van der Waals surface area contributed by atoms with Crippen LogP contribution in [0, 0.1) is 18.6 Å².